The van der Waals surface area contributed by atoms with Crippen molar-refractivity contribution >= 4 is 11.9 Å². The second-order valence-electron chi connectivity index (χ2n) is 9.19. The third-order valence-electron chi connectivity index (χ3n) is 6.03. The molecule has 0 radical (unpaired) electrons. The first-order valence-electron chi connectivity index (χ1n) is 13.5. The summed E-state index contributed by atoms with van der Waals surface area (Å²) in [5.41, 5.74) is 0. The van der Waals surface area contributed by atoms with Crippen LogP contribution in [0.25, 0.3) is 0 Å². The molecule has 0 aliphatic heterocycles. The Bertz CT molecular complexity index is 395. The maximum atomic E-state index is 11.6. The van der Waals surface area contributed by atoms with Gasteiger partial charge in [-0.05, 0) is 19.3 Å². The van der Waals surface area contributed by atoms with E-state index in [1.165, 1.54) is 96.3 Å². The minimum absolute atomic E-state index is 0.102. The van der Waals surface area contributed by atoms with Crippen LogP contribution in [0.1, 0.15) is 155 Å². The van der Waals surface area contributed by atoms with E-state index < -0.39 is 5.97 Å². The van der Waals surface area contributed by atoms with Crippen LogP contribution in [0.15, 0.2) is 0 Å². The quantitative estimate of drug-likeness (QED) is 0.114. The Morgan fingerprint density at radius 2 is 0.871 bits per heavy atom. The fourth-order valence-corrected chi connectivity index (χ4v) is 3.98. The third-order valence-corrected chi connectivity index (χ3v) is 6.03. The Hall–Kier alpha value is -1.06. The molecule has 1 N–H and O–H groups in total. The minimum Gasteiger partial charge on any atom is -0.481 e. The van der Waals surface area contributed by atoms with Gasteiger partial charge in [-0.3, -0.25) is 9.59 Å². The Balaban J connectivity index is 3.13. The van der Waals surface area contributed by atoms with E-state index in [-0.39, 0.29) is 12.4 Å². The number of unbranched alkanes of at least 4 members (excludes halogenated alkanes) is 19. The SMILES string of the molecule is CCCCCCCCCCCCCCCCCCCOC(=O)CCCCCCC(=O)O. The number of carboxylic acids is 1. The van der Waals surface area contributed by atoms with E-state index in [1.807, 2.05) is 0 Å². The topological polar surface area (TPSA) is 63.6 Å². The number of ether oxygens (including phenoxy) is 1. The standard InChI is InChI=1S/C27H52O4/c1-2-3-4-5-6-7-8-9-10-11-12-13-14-15-16-19-22-25-31-27(30)24-21-18-17-20-23-26(28)29/h2-25H2,1H3,(H,28,29). The molecule has 0 spiro atoms. The van der Waals surface area contributed by atoms with Crippen molar-refractivity contribution in [3.05, 3.63) is 0 Å². The molecule has 0 aromatic rings. The summed E-state index contributed by atoms with van der Waals surface area (Å²) in [7, 11) is 0. The average molecular weight is 441 g/mol. The molecule has 4 heteroatoms. The summed E-state index contributed by atoms with van der Waals surface area (Å²) in [5.74, 6) is -0.844. The Morgan fingerprint density at radius 3 is 1.29 bits per heavy atom. The van der Waals surface area contributed by atoms with E-state index >= 15 is 0 Å². The molecule has 0 heterocycles. The van der Waals surface area contributed by atoms with E-state index in [2.05, 4.69) is 6.92 Å². The van der Waals surface area contributed by atoms with Gasteiger partial charge in [0, 0.05) is 12.8 Å². The maximum absolute atomic E-state index is 11.6. The van der Waals surface area contributed by atoms with Gasteiger partial charge in [0.15, 0.2) is 0 Å². The van der Waals surface area contributed by atoms with Gasteiger partial charge in [0.2, 0.25) is 0 Å². The second kappa shape index (κ2) is 25.2. The monoisotopic (exact) mass is 440 g/mol. The molecule has 0 atom stereocenters. The van der Waals surface area contributed by atoms with Crippen molar-refractivity contribution in [1.29, 1.82) is 0 Å². The van der Waals surface area contributed by atoms with Crippen molar-refractivity contribution < 1.29 is 19.4 Å². The molecule has 0 aromatic heterocycles. The minimum atomic E-state index is -0.742. The molecule has 0 aliphatic rings. The van der Waals surface area contributed by atoms with Crippen molar-refractivity contribution in [1.82, 2.24) is 0 Å². The number of carbonyl (C=O) groups is 2. The number of hydrogen-bond acceptors (Lipinski definition) is 3. The number of hydrogen-bond donors (Lipinski definition) is 1. The highest BCUT2D eigenvalue weighted by Crippen LogP contribution is 2.14. The molecule has 0 fully saturated rings. The van der Waals surface area contributed by atoms with Gasteiger partial charge in [-0.1, -0.05) is 122 Å². The van der Waals surface area contributed by atoms with Gasteiger partial charge in [-0.25, -0.2) is 0 Å². The van der Waals surface area contributed by atoms with Gasteiger partial charge in [-0.2, -0.15) is 0 Å². The predicted octanol–water partition coefficient (Wildman–Crippen LogP) is 8.61. The number of rotatable bonds is 25. The van der Waals surface area contributed by atoms with Crippen LogP contribution in [0.3, 0.4) is 0 Å². The maximum Gasteiger partial charge on any atom is 0.305 e. The van der Waals surface area contributed by atoms with Crippen LogP contribution in [0.4, 0.5) is 0 Å². The molecule has 0 amide bonds. The second-order valence-corrected chi connectivity index (χ2v) is 9.19. The summed E-state index contributed by atoms with van der Waals surface area (Å²) in [6, 6.07) is 0. The lowest BCUT2D eigenvalue weighted by Gasteiger charge is -2.05. The Kier molecular flexibility index (Phi) is 24.3. The van der Waals surface area contributed by atoms with Crippen LogP contribution < -0.4 is 0 Å². The van der Waals surface area contributed by atoms with E-state index in [4.69, 9.17) is 9.84 Å². The first-order valence-corrected chi connectivity index (χ1v) is 13.5. The molecule has 0 bridgehead atoms. The van der Waals surface area contributed by atoms with Crippen LogP contribution >= 0.6 is 0 Å². The van der Waals surface area contributed by atoms with Crippen LogP contribution in [-0.4, -0.2) is 23.7 Å². The van der Waals surface area contributed by atoms with Gasteiger partial charge in [0.25, 0.3) is 0 Å². The molecule has 0 saturated heterocycles. The zero-order valence-corrected chi connectivity index (χ0v) is 20.6. The largest absolute Gasteiger partial charge is 0.481 e. The van der Waals surface area contributed by atoms with E-state index in [0.29, 0.717) is 19.4 Å². The molecular formula is C27H52O4. The van der Waals surface area contributed by atoms with E-state index in [0.717, 1.165) is 32.1 Å². The lowest BCUT2D eigenvalue weighted by Crippen LogP contribution is -2.05. The number of carboxylic acid groups (broad SMARTS) is 1. The molecule has 4 nitrogen and oxygen atoms in total. The highest BCUT2D eigenvalue weighted by Gasteiger charge is 2.03. The lowest BCUT2D eigenvalue weighted by atomic mass is 10.0. The molecule has 0 saturated carbocycles. The summed E-state index contributed by atoms with van der Waals surface area (Å²) in [5, 5.41) is 8.56. The van der Waals surface area contributed by atoms with Crippen LogP contribution in [0.2, 0.25) is 0 Å². The van der Waals surface area contributed by atoms with Crippen LogP contribution in [0, 0.1) is 0 Å². The van der Waals surface area contributed by atoms with Gasteiger partial charge in [0.1, 0.15) is 0 Å². The Morgan fingerprint density at radius 1 is 0.516 bits per heavy atom. The summed E-state index contributed by atoms with van der Waals surface area (Å²) in [6.07, 6.45) is 27.0. The van der Waals surface area contributed by atoms with Gasteiger partial charge in [-0.15, -0.1) is 0 Å². The van der Waals surface area contributed by atoms with E-state index in [9.17, 15) is 9.59 Å². The fourth-order valence-electron chi connectivity index (χ4n) is 3.98. The summed E-state index contributed by atoms with van der Waals surface area (Å²) >= 11 is 0. The van der Waals surface area contributed by atoms with Crippen LogP contribution in [0.5, 0.6) is 0 Å². The molecule has 0 rings (SSSR count). The number of aliphatic carboxylic acids is 1. The highest BCUT2D eigenvalue weighted by molar-refractivity contribution is 5.69. The molecule has 0 unspecified atom stereocenters. The molecule has 0 aliphatic carbocycles. The van der Waals surface area contributed by atoms with Crippen molar-refractivity contribution in [2.24, 2.45) is 0 Å². The normalized spacial score (nSPS) is 11.0. The third kappa shape index (κ3) is 26.9. The summed E-state index contributed by atoms with van der Waals surface area (Å²) in [6.45, 7) is 2.83. The van der Waals surface area contributed by atoms with Crippen molar-refractivity contribution in [3.8, 4) is 0 Å². The zero-order valence-electron chi connectivity index (χ0n) is 20.6. The van der Waals surface area contributed by atoms with Gasteiger partial charge < -0.3 is 9.84 Å². The summed E-state index contributed by atoms with van der Waals surface area (Å²) < 4.78 is 5.28. The average Bonchev–Trinajstić information content (AvgIpc) is 2.75. The number of esters is 1. The van der Waals surface area contributed by atoms with E-state index in [1.54, 1.807) is 0 Å². The Labute approximate surface area is 192 Å². The van der Waals surface area contributed by atoms with Crippen molar-refractivity contribution in [3.63, 3.8) is 0 Å². The number of carbonyl (C=O) groups excluding carboxylic acids is 1. The smallest absolute Gasteiger partial charge is 0.305 e. The zero-order chi connectivity index (χ0) is 22.8. The summed E-state index contributed by atoms with van der Waals surface area (Å²) in [4.78, 5) is 22.0. The van der Waals surface area contributed by atoms with Crippen molar-refractivity contribution in [2.45, 2.75) is 155 Å². The van der Waals surface area contributed by atoms with Crippen LogP contribution in [-0.2, 0) is 14.3 Å². The van der Waals surface area contributed by atoms with Gasteiger partial charge in [0.05, 0.1) is 6.61 Å². The molecule has 31 heavy (non-hydrogen) atoms. The van der Waals surface area contributed by atoms with Gasteiger partial charge >= 0.3 is 11.9 Å². The fraction of sp³-hybridized carbons (Fsp3) is 0.926. The lowest BCUT2D eigenvalue weighted by molar-refractivity contribution is -0.144. The first kappa shape index (κ1) is 29.9. The molecular weight excluding hydrogens is 388 g/mol. The molecule has 0 aromatic carbocycles. The highest BCUT2D eigenvalue weighted by atomic mass is 16.5. The molecule has 184 valence electrons. The predicted molar refractivity (Wildman–Crippen MR) is 130 cm³/mol. The van der Waals surface area contributed by atoms with Crippen molar-refractivity contribution in [2.75, 3.05) is 6.61 Å². The first-order chi connectivity index (χ1) is 15.2.